The van der Waals surface area contributed by atoms with Crippen molar-refractivity contribution in [1.29, 1.82) is 0 Å². The first kappa shape index (κ1) is 22.4. The predicted molar refractivity (Wildman–Crippen MR) is 116 cm³/mol. The van der Waals surface area contributed by atoms with E-state index in [1.807, 2.05) is 6.07 Å². The van der Waals surface area contributed by atoms with Crippen molar-refractivity contribution in [2.24, 2.45) is 0 Å². The van der Waals surface area contributed by atoms with E-state index >= 15 is 0 Å². The zero-order chi connectivity index (χ0) is 21.6. The van der Waals surface area contributed by atoms with E-state index in [9.17, 15) is 4.79 Å². The van der Waals surface area contributed by atoms with Gasteiger partial charge in [0.1, 0.15) is 0 Å². The van der Waals surface area contributed by atoms with E-state index in [1.165, 1.54) is 31.0 Å². The highest BCUT2D eigenvalue weighted by molar-refractivity contribution is 7.99. The summed E-state index contributed by atoms with van der Waals surface area (Å²) < 4.78 is 16.3. The summed E-state index contributed by atoms with van der Waals surface area (Å²) in [6.45, 7) is 0.667. The van der Waals surface area contributed by atoms with Crippen LogP contribution in [0.15, 0.2) is 27.8 Å². The smallest absolute Gasteiger partial charge is 0.277 e. The number of nitrogens with one attached hydrogen (secondary N) is 1. The molecule has 1 saturated carbocycles. The molecule has 164 valence electrons. The number of ether oxygens (including phenoxy) is 2. The van der Waals surface area contributed by atoms with E-state index in [4.69, 9.17) is 13.9 Å². The molecular formula is C21H30N4O4S. The second-order valence-corrected chi connectivity index (χ2v) is 8.61. The Hall–Kier alpha value is -2.26. The average Bonchev–Trinajstić information content (AvgIpc) is 3.25. The Kier molecular flexibility index (Phi) is 7.60. The lowest BCUT2D eigenvalue weighted by Gasteiger charge is -2.43. The number of hydrogen-bond acceptors (Lipinski definition) is 8. The van der Waals surface area contributed by atoms with Gasteiger partial charge in [-0.3, -0.25) is 4.79 Å². The highest BCUT2D eigenvalue weighted by Gasteiger charge is 2.34. The van der Waals surface area contributed by atoms with Crippen LogP contribution in [-0.2, 0) is 4.79 Å². The second kappa shape index (κ2) is 10.2. The quantitative estimate of drug-likeness (QED) is 0.602. The van der Waals surface area contributed by atoms with Gasteiger partial charge in [-0.2, -0.15) is 0 Å². The average molecular weight is 435 g/mol. The fourth-order valence-electron chi connectivity index (χ4n) is 3.79. The Balaban J connectivity index is 1.54. The fourth-order valence-corrected chi connectivity index (χ4v) is 4.38. The summed E-state index contributed by atoms with van der Waals surface area (Å²) in [5, 5.41) is 11.6. The van der Waals surface area contributed by atoms with Crippen molar-refractivity contribution in [3.8, 4) is 23.0 Å². The summed E-state index contributed by atoms with van der Waals surface area (Å²) in [5.41, 5.74) is 0.783. The third-order valence-electron chi connectivity index (χ3n) is 5.71. The summed E-state index contributed by atoms with van der Waals surface area (Å²) >= 11 is 1.23. The van der Waals surface area contributed by atoms with Gasteiger partial charge in [0.2, 0.25) is 11.8 Å². The van der Waals surface area contributed by atoms with E-state index in [-0.39, 0.29) is 17.2 Å². The Morgan fingerprint density at radius 3 is 2.57 bits per heavy atom. The van der Waals surface area contributed by atoms with Crippen molar-refractivity contribution in [3.63, 3.8) is 0 Å². The lowest BCUT2D eigenvalue weighted by molar-refractivity contribution is -0.119. The Labute approximate surface area is 181 Å². The minimum atomic E-state index is -0.0299. The molecule has 1 heterocycles. The number of rotatable bonds is 9. The standard InChI is InChI=1S/C21H30N4O4S/c1-25(2)21(10-6-5-7-11-21)14-22-18(26)13-30-20-24-23-19(29-20)15-8-9-16(27-3)17(12-15)28-4/h8-9,12H,5-7,10-11,13-14H2,1-4H3,(H,22,26). The zero-order valence-electron chi connectivity index (χ0n) is 18.1. The van der Waals surface area contributed by atoms with Gasteiger partial charge in [-0.25, -0.2) is 0 Å². The highest BCUT2D eigenvalue weighted by atomic mass is 32.2. The molecule has 0 atom stereocenters. The van der Waals surface area contributed by atoms with Gasteiger partial charge in [-0.15, -0.1) is 10.2 Å². The molecule has 8 nitrogen and oxygen atoms in total. The summed E-state index contributed by atoms with van der Waals surface area (Å²) in [6, 6.07) is 5.38. The topological polar surface area (TPSA) is 89.7 Å². The number of aromatic nitrogens is 2. The molecule has 1 fully saturated rings. The van der Waals surface area contributed by atoms with Crippen LogP contribution in [0.3, 0.4) is 0 Å². The van der Waals surface area contributed by atoms with Crippen LogP contribution >= 0.6 is 11.8 Å². The van der Waals surface area contributed by atoms with Crippen molar-refractivity contribution < 1.29 is 18.7 Å². The number of methoxy groups -OCH3 is 2. The van der Waals surface area contributed by atoms with Crippen molar-refractivity contribution in [1.82, 2.24) is 20.4 Å². The molecule has 0 spiro atoms. The number of carbonyl (C=O) groups excluding carboxylic acids is 1. The molecule has 1 aliphatic carbocycles. The molecule has 0 aliphatic heterocycles. The minimum absolute atomic E-state index is 0.0299. The first-order valence-corrected chi connectivity index (χ1v) is 11.1. The number of likely N-dealkylation sites (N-methyl/N-ethyl adjacent to an activating group) is 1. The third kappa shape index (κ3) is 5.26. The Morgan fingerprint density at radius 2 is 1.90 bits per heavy atom. The van der Waals surface area contributed by atoms with Crippen molar-refractivity contribution in [3.05, 3.63) is 18.2 Å². The number of benzene rings is 1. The number of thioether (sulfide) groups is 1. The maximum atomic E-state index is 12.4. The SMILES string of the molecule is COc1ccc(-c2nnc(SCC(=O)NCC3(N(C)C)CCCCC3)o2)cc1OC. The van der Waals surface area contributed by atoms with Crippen LogP contribution < -0.4 is 14.8 Å². The van der Waals surface area contributed by atoms with Gasteiger partial charge in [0, 0.05) is 17.6 Å². The number of hydrogen-bond donors (Lipinski definition) is 1. The lowest BCUT2D eigenvalue weighted by atomic mass is 9.80. The molecule has 0 radical (unpaired) electrons. The normalized spacial score (nSPS) is 15.8. The maximum absolute atomic E-state index is 12.4. The minimum Gasteiger partial charge on any atom is -0.493 e. The lowest BCUT2D eigenvalue weighted by Crippen LogP contribution is -2.54. The third-order valence-corrected chi connectivity index (χ3v) is 6.53. The van der Waals surface area contributed by atoms with Gasteiger partial charge in [0.25, 0.3) is 5.22 Å². The van der Waals surface area contributed by atoms with Crippen LogP contribution in [-0.4, -0.2) is 67.2 Å². The number of amides is 1. The molecule has 1 aliphatic rings. The maximum Gasteiger partial charge on any atom is 0.277 e. The predicted octanol–water partition coefficient (Wildman–Crippen LogP) is 3.23. The van der Waals surface area contributed by atoms with Gasteiger partial charge in [0.05, 0.1) is 20.0 Å². The van der Waals surface area contributed by atoms with Crippen LogP contribution in [0.1, 0.15) is 32.1 Å². The van der Waals surface area contributed by atoms with Crippen molar-refractivity contribution in [2.45, 2.75) is 42.9 Å². The van der Waals surface area contributed by atoms with Crippen LogP contribution in [0.4, 0.5) is 0 Å². The number of nitrogens with zero attached hydrogens (tertiary/aromatic N) is 3. The van der Waals surface area contributed by atoms with E-state index in [1.54, 1.807) is 26.4 Å². The van der Waals surface area contributed by atoms with Crippen LogP contribution in [0.25, 0.3) is 11.5 Å². The Bertz CT molecular complexity index is 849. The van der Waals surface area contributed by atoms with Gasteiger partial charge in [0.15, 0.2) is 11.5 Å². The molecule has 1 aromatic heterocycles. The summed E-state index contributed by atoms with van der Waals surface area (Å²) in [7, 11) is 7.35. The molecule has 1 N–H and O–H groups in total. The zero-order valence-corrected chi connectivity index (χ0v) is 18.9. The molecule has 0 bridgehead atoms. The molecule has 3 rings (SSSR count). The molecule has 1 amide bonds. The molecule has 0 unspecified atom stereocenters. The van der Waals surface area contributed by atoms with Gasteiger partial charge >= 0.3 is 0 Å². The Morgan fingerprint density at radius 1 is 1.17 bits per heavy atom. The van der Waals surface area contributed by atoms with Gasteiger partial charge in [-0.1, -0.05) is 31.0 Å². The van der Waals surface area contributed by atoms with Crippen LogP contribution in [0.2, 0.25) is 0 Å². The van der Waals surface area contributed by atoms with Crippen molar-refractivity contribution in [2.75, 3.05) is 40.6 Å². The monoisotopic (exact) mass is 434 g/mol. The van der Waals surface area contributed by atoms with Gasteiger partial charge in [-0.05, 0) is 45.1 Å². The van der Waals surface area contributed by atoms with E-state index in [2.05, 4.69) is 34.5 Å². The highest BCUT2D eigenvalue weighted by Crippen LogP contribution is 2.33. The molecule has 30 heavy (non-hydrogen) atoms. The van der Waals surface area contributed by atoms with E-state index in [0.29, 0.717) is 29.2 Å². The molecule has 1 aromatic carbocycles. The fraction of sp³-hybridized carbons (Fsp3) is 0.571. The largest absolute Gasteiger partial charge is 0.493 e. The van der Waals surface area contributed by atoms with E-state index in [0.717, 1.165) is 18.4 Å². The molecule has 9 heteroatoms. The first-order chi connectivity index (χ1) is 14.5. The first-order valence-electron chi connectivity index (χ1n) is 10.1. The van der Waals surface area contributed by atoms with E-state index < -0.39 is 0 Å². The molecule has 2 aromatic rings. The summed E-state index contributed by atoms with van der Waals surface area (Å²) in [5.74, 6) is 1.78. The van der Waals surface area contributed by atoms with Gasteiger partial charge < -0.3 is 24.1 Å². The summed E-state index contributed by atoms with van der Waals surface area (Å²) in [4.78, 5) is 14.6. The second-order valence-electron chi connectivity index (χ2n) is 7.69. The van der Waals surface area contributed by atoms with Crippen LogP contribution in [0.5, 0.6) is 11.5 Å². The van der Waals surface area contributed by atoms with Crippen LogP contribution in [0, 0.1) is 0 Å². The molecule has 0 saturated heterocycles. The number of carbonyl (C=O) groups is 1. The van der Waals surface area contributed by atoms with Crippen molar-refractivity contribution >= 4 is 17.7 Å². The molecular weight excluding hydrogens is 404 g/mol. The summed E-state index contributed by atoms with van der Waals surface area (Å²) in [6.07, 6.45) is 5.93.